The monoisotopic (exact) mass is 379 g/mol. The molecule has 0 saturated carbocycles. The molecular weight excluding hydrogens is 370 g/mol. The Morgan fingerprint density at radius 1 is 1.23 bits per heavy atom. The molecule has 0 spiro atoms. The van der Waals surface area contributed by atoms with Crippen LogP contribution in [0.5, 0.6) is 5.75 Å². The highest BCUT2D eigenvalue weighted by Crippen LogP contribution is 2.29. The minimum atomic E-state index is -0.368. The van der Waals surface area contributed by atoms with E-state index in [-0.39, 0.29) is 11.7 Å². The van der Waals surface area contributed by atoms with Gasteiger partial charge in [0.1, 0.15) is 11.3 Å². The lowest BCUT2D eigenvalue weighted by Crippen LogP contribution is -2.11. The predicted octanol–water partition coefficient (Wildman–Crippen LogP) is 5.11. The lowest BCUT2D eigenvalue weighted by molar-refractivity contribution is 0.0998. The third kappa shape index (κ3) is 2.96. The van der Waals surface area contributed by atoms with Crippen molar-refractivity contribution in [2.75, 3.05) is 12.4 Å². The summed E-state index contributed by atoms with van der Waals surface area (Å²) in [5.41, 5.74) is 1.12. The summed E-state index contributed by atoms with van der Waals surface area (Å²) >= 11 is 9.32. The van der Waals surface area contributed by atoms with E-state index in [4.69, 9.17) is 20.8 Å². The Labute approximate surface area is 140 Å². The molecule has 0 aliphatic rings. The number of hydrogen-bond donors (Lipinski definition) is 1. The summed E-state index contributed by atoms with van der Waals surface area (Å²) in [6.45, 7) is 0. The SMILES string of the molecule is COc1ccc(Cl)cc1NC(=O)c1cc2ccc(Br)cc2o1. The van der Waals surface area contributed by atoms with Crippen molar-refractivity contribution in [3.8, 4) is 5.75 Å². The van der Waals surface area contributed by atoms with E-state index in [9.17, 15) is 4.79 Å². The summed E-state index contributed by atoms with van der Waals surface area (Å²) < 4.78 is 11.7. The number of methoxy groups -OCH3 is 1. The van der Waals surface area contributed by atoms with E-state index in [0.29, 0.717) is 22.0 Å². The fraction of sp³-hybridized carbons (Fsp3) is 0.0625. The lowest BCUT2D eigenvalue weighted by Gasteiger charge is -2.09. The number of nitrogens with one attached hydrogen (secondary N) is 1. The Morgan fingerprint density at radius 2 is 2.05 bits per heavy atom. The second-order valence-corrected chi connectivity index (χ2v) is 5.94. The number of amides is 1. The molecule has 4 nitrogen and oxygen atoms in total. The van der Waals surface area contributed by atoms with E-state index >= 15 is 0 Å². The average Bonchev–Trinajstić information content (AvgIpc) is 2.90. The average molecular weight is 381 g/mol. The van der Waals surface area contributed by atoms with Gasteiger partial charge in [-0.3, -0.25) is 4.79 Å². The van der Waals surface area contributed by atoms with Crippen LogP contribution < -0.4 is 10.1 Å². The highest BCUT2D eigenvalue weighted by molar-refractivity contribution is 9.10. The molecule has 0 unspecified atom stereocenters. The number of anilines is 1. The molecular formula is C16H11BrClNO3. The predicted molar refractivity (Wildman–Crippen MR) is 89.9 cm³/mol. The van der Waals surface area contributed by atoms with Gasteiger partial charge in [-0.15, -0.1) is 0 Å². The molecule has 112 valence electrons. The van der Waals surface area contributed by atoms with Crippen molar-refractivity contribution in [1.82, 2.24) is 0 Å². The fourth-order valence-corrected chi connectivity index (χ4v) is 2.59. The molecule has 1 amide bonds. The molecule has 1 aromatic heterocycles. The first-order chi connectivity index (χ1) is 10.6. The smallest absolute Gasteiger partial charge is 0.291 e. The van der Waals surface area contributed by atoms with Crippen molar-refractivity contribution >= 4 is 50.1 Å². The molecule has 3 rings (SSSR count). The number of rotatable bonds is 3. The van der Waals surface area contributed by atoms with E-state index in [1.165, 1.54) is 7.11 Å². The number of furan rings is 1. The van der Waals surface area contributed by atoms with Gasteiger partial charge in [-0.1, -0.05) is 27.5 Å². The van der Waals surface area contributed by atoms with E-state index in [1.807, 2.05) is 18.2 Å². The first-order valence-corrected chi connectivity index (χ1v) is 7.58. The molecule has 0 atom stereocenters. The molecule has 0 saturated heterocycles. The zero-order valence-corrected chi connectivity index (χ0v) is 13.9. The van der Waals surface area contributed by atoms with Crippen LogP contribution in [0.2, 0.25) is 5.02 Å². The Bertz CT molecular complexity index is 860. The van der Waals surface area contributed by atoms with Crippen molar-refractivity contribution < 1.29 is 13.9 Å². The van der Waals surface area contributed by atoms with E-state index in [1.54, 1.807) is 24.3 Å². The van der Waals surface area contributed by atoms with Gasteiger partial charge in [-0.2, -0.15) is 0 Å². The third-order valence-corrected chi connectivity index (χ3v) is 3.84. The van der Waals surface area contributed by atoms with Crippen LogP contribution in [-0.2, 0) is 0 Å². The quantitative estimate of drug-likeness (QED) is 0.687. The Balaban J connectivity index is 1.91. The molecule has 1 N–H and O–H groups in total. The van der Waals surface area contributed by atoms with Gasteiger partial charge < -0.3 is 14.5 Å². The maximum Gasteiger partial charge on any atom is 0.291 e. The van der Waals surface area contributed by atoms with Gasteiger partial charge in [0.05, 0.1) is 12.8 Å². The Kier molecular flexibility index (Phi) is 4.09. The van der Waals surface area contributed by atoms with Crippen molar-refractivity contribution in [2.45, 2.75) is 0 Å². The molecule has 0 bridgehead atoms. The van der Waals surface area contributed by atoms with E-state index < -0.39 is 0 Å². The summed E-state index contributed by atoms with van der Waals surface area (Å²) in [6, 6.07) is 12.3. The summed E-state index contributed by atoms with van der Waals surface area (Å²) in [4.78, 5) is 12.3. The van der Waals surface area contributed by atoms with Gasteiger partial charge in [0.15, 0.2) is 5.76 Å². The number of hydrogen-bond acceptors (Lipinski definition) is 3. The van der Waals surface area contributed by atoms with Gasteiger partial charge in [0.2, 0.25) is 0 Å². The Hall–Kier alpha value is -1.98. The van der Waals surface area contributed by atoms with Crippen molar-refractivity contribution in [2.24, 2.45) is 0 Å². The van der Waals surface area contributed by atoms with Gasteiger partial charge in [-0.25, -0.2) is 0 Å². The zero-order valence-electron chi connectivity index (χ0n) is 11.5. The number of halogens is 2. The van der Waals surface area contributed by atoms with Crippen LogP contribution in [-0.4, -0.2) is 13.0 Å². The minimum Gasteiger partial charge on any atom is -0.495 e. The molecule has 0 radical (unpaired) electrons. The van der Waals surface area contributed by atoms with Crippen molar-refractivity contribution in [3.05, 3.63) is 57.7 Å². The van der Waals surface area contributed by atoms with Crippen LogP contribution in [0.15, 0.2) is 51.4 Å². The van der Waals surface area contributed by atoms with Crippen molar-refractivity contribution in [1.29, 1.82) is 0 Å². The first kappa shape index (κ1) is 14.9. The number of carbonyl (C=O) groups is 1. The fourth-order valence-electron chi connectivity index (χ4n) is 2.08. The normalized spacial score (nSPS) is 10.7. The van der Waals surface area contributed by atoms with Crippen LogP contribution in [0.4, 0.5) is 5.69 Å². The minimum absolute atomic E-state index is 0.218. The lowest BCUT2D eigenvalue weighted by atomic mass is 10.2. The maximum absolute atomic E-state index is 12.3. The van der Waals surface area contributed by atoms with Gasteiger partial charge in [0.25, 0.3) is 5.91 Å². The van der Waals surface area contributed by atoms with Gasteiger partial charge in [-0.05, 0) is 42.5 Å². The third-order valence-electron chi connectivity index (χ3n) is 3.12. The maximum atomic E-state index is 12.3. The summed E-state index contributed by atoms with van der Waals surface area (Å²) in [7, 11) is 1.53. The summed E-state index contributed by atoms with van der Waals surface area (Å²) in [5.74, 6) is 0.375. The molecule has 22 heavy (non-hydrogen) atoms. The van der Waals surface area contributed by atoms with Gasteiger partial charge in [0, 0.05) is 14.9 Å². The zero-order chi connectivity index (χ0) is 15.7. The molecule has 0 aliphatic carbocycles. The van der Waals surface area contributed by atoms with Crippen LogP contribution in [0.1, 0.15) is 10.6 Å². The Morgan fingerprint density at radius 3 is 2.82 bits per heavy atom. The highest BCUT2D eigenvalue weighted by atomic mass is 79.9. The van der Waals surface area contributed by atoms with Gasteiger partial charge >= 0.3 is 0 Å². The van der Waals surface area contributed by atoms with Crippen molar-refractivity contribution in [3.63, 3.8) is 0 Å². The molecule has 0 aliphatic heterocycles. The molecule has 3 aromatic rings. The van der Waals surface area contributed by atoms with E-state index in [2.05, 4.69) is 21.2 Å². The largest absolute Gasteiger partial charge is 0.495 e. The topological polar surface area (TPSA) is 51.5 Å². The van der Waals surface area contributed by atoms with Crippen LogP contribution in [0, 0.1) is 0 Å². The molecule has 0 fully saturated rings. The molecule has 6 heteroatoms. The molecule has 1 heterocycles. The standard InChI is InChI=1S/C16H11BrClNO3/c1-21-13-5-4-11(18)8-12(13)19-16(20)15-6-9-2-3-10(17)7-14(9)22-15/h2-8H,1H3,(H,19,20). The summed E-state index contributed by atoms with van der Waals surface area (Å²) in [6.07, 6.45) is 0. The van der Waals surface area contributed by atoms with Crippen LogP contribution in [0.3, 0.4) is 0 Å². The molecule has 2 aromatic carbocycles. The van der Waals surface area contributed by atoms with E-state index in [0.717, 1.165) is 9.86 Å². The number of ether oxygens (including phenoxy) is 1. The van der Waals surface area contributed by atoms with Crippen LogP contribution in [0.25, 0.3) is 11.0 Å². The summed E-state index contributed by atoms with van der Waals surface area (Å²) in [5, 5.41) is 4.10. The highest BCUT2D eigenvalue weighted by Gasteiger charge is 2.15. The second kappa shape index (κ2) is 6.02. The number of benzene rings is 2. The number of fused-ring (bicyclic) bond motifs is 1. The second-order valence-electron chi connectivity index (χ2n) is 4.59. The number of carbonyl (C=O) groups excluding carboxylic acids is 1. The van der Waals surface area contributed by atoms with Crippen LogP contribution >= 0.6 is 27.5 Å². The first-order valence-electron chi connectivity index (χ1n) is 6.41.